The highest BCUT2D eigenvalue weighted by molar-refractivity contribution is 5.79. The Labute approximate surface area is 116 Å². The van der Waals surface area contributed by atoms with Gasteiger partial charge in [0.15, 0.2) is 6.29 Å². The number of benzene rings is 1. The molecule has 1 amide bonds. The first-order valence-electron chi connectivity index (χ1n) is 6.59. The molecule has 0 spiro atoms. The number of aromatic nitrogens is 2. The van der Waals surface area contributed by atoms with E-state index in [4.69, 9.17) is 0 Å². The average Bonchev–Trinajstić information content (AvgIpc) is 2.90. The standard InChI is InChI=1S/C15H15N3O2/c19-10-13-14-9-17(6-7-18(14)11-16-13)15(20)8-12-4-2-1-3-5-12/h1-5,10-11H,6-9H2. The van der Waals surface area contributed by atoms with Crippen LogP contribution in [0.15, 0.2) is 36.7 Å². The molecule has 1 aromatic carbocycles. The van der Waals surface area contributed by atoms with Crippen molar-refractivity contribution >= 4 is 12.2 Å². The van der Waals surface area contributed by atoms with Crippen molar-refractivity contribution in [2.75, 3.05) is 6.54 Å². The van der Waals surface area contributed by atoms with E-state index in [1.807, 2.05) is 34.9 Å². The highest BCUT2D eigenvalue weighted by atomic mass is 16.2. The van der Waals surface area contributed by atoms with E-state index >= 15 is 0 Å². The maximum Gasteiger partial charge on any atom is 0.227 e. The van der Waals surface area contributed by atoms with Crippen molar-refractivity contribution < 1.29 is 9.59 Å². The van der Waals surface area contributed by atoms with E-state index < -0.39 is 0 Å². The Morgan fingerprint density at radius 2 is 2.05 bits per heavy atom. The first-order valence-corrected chi connectivity index (χ1v) is 6.59. The van der Waals surface area contributed by atoms with Crippen molar-refractivity contribution in [3.05, 3.63) is 53.6 Å². The lowest BCUT2D eigenvalue weighted by Crippen LogP contribution is -2.39. The van der Waals surface area contributed by atoms with Crippen LogP contribution >= 0.6 is 0 Å². The molecule has 3 rings (SSSR count). The molecule has 0 N–H and O–H groups in total. The molecule has 2 aromatic rings. The summed E-state index contributed by atoms with van der Waals surface area (Å²) in [5.74, 6) is 0.0838. The fraction of sp³-hybridized carbons (Fsp3) is 0.267. The Balaban J connectivity index is 1.73. The molecule has 0 bridgehead atoms. The van der Waals surface area contributed by atoms with Gasteiger partial charge in [-0.25, -0.2) is 4.98 Å². The van der Waals surface area contributed by atoms with Gasteiger partial charge in [0.2, 0.25) is 5.91 Å². The van der Waals surface area contributed by atoms with E-state index in [1.54, 1.807) is 11.2 Å². The largest absolute Gasteiger partial charge is 0.335 e. The van der Waals surface area contributed by atoms with Crippen molar-refractivity contribution in [2.45, 2.75) is 19.5 Å². The van der Waals surface area contributed by atoms with Crippen LogP contribution in [0.5, 0.6) is 0 Å². The second-order valence-corrected chi connectivity index (χ2v) is 4.87. The summed E-state index contributed by atoms with van der Waals surface area (Å²) in [7, 11) is 0. The first-order chi connectivity index (χ1) is 9.78. The predicted octanol–water partition coefficient (Wildman–Crippen LogP) is 1.28. The Kier molecular flexibility index (Phi) is 3.33. The molecule has 0 saturated heterocycles. The highest BCUT2D eigenvalue weighted by Crippen LogP contribution is 2.16. The number of hydrogen-bond acceptors (Lipinski definition) is 3. The third kappa shape index (κ3) is 2.34. The SMILES string of the molecule is O=Cc1ncn2c1CN(C(=O)Cc1ccccc1)CC2. The van der Waals surface area contributed by atoms with Gasteiger partial charge in [0.1, 0.15) is 5.69 Å². The van der Waals surface area contributed by atoms with Crippen molar-refractivity contribution in [3.8, 4) is 0 Å². The van der Waals surface area contributed by atoms with Crippen LogP contribution in [0.25, 0.3) is 0 Å². The molecule has 0 unspecified atom stereocenters. The second kappa shape index (κ2) is 5.28. The lowest BCUT2D eigenvalue weighted by molar-refractivity contribution is -0.131. The van der Waals surface area contributed by atoms with E-state index in [1.165, 1.54) is 0 Å². The number of amides is 1. The summed E-state index contributed by atoms with van der Waals surface area (Å²) in [4.78, 5) is 29.1. The monoisotopic (exact) mass is 269 g/mol. The van der Waals surface area contributed by atoms with Gasteiger partial charge in [0.25, 0.3) is 0 Å². The third-order valence-corrected chi connectivity index (χ3v) is 3.59. The van der Waals surface area contributed by atoms with Crippen molar-refractivity contribution in [1.82, 2.24) is 14.5 Å². The molecule has 5 nitrogen and oxygen atoms in total. The lowest BCUT2D eigenvalue weighted by Gasteiger charge is -2.28. The van der Waals surface area contributed by atoms with Crippen LogP contribution in [-0.2, 0) is 24.3 Å². The smallest absolute Gasteiger partial charge is 0.227 e. The summed E-state index contributed by atoms with van der Waals surface area (Å²) in [6.07, 6.45) is 2.81. The summed E-state index contributed by atoms with van der Waals surface area (Å²) >= 11 is 0. The second-order valence-electron chi connectivity index (χ2n) is 4.87. The maximum atomic E-state index is 12.3. The number of hydrogen-bond donors (Lipinski definition) is 0. The minimum atomic E-state index is 0.0838. The zero-order valence-electron chi connectivity index (χ0n) is 11.0. The molecule has 0 radical (unpaired) electrons. The molecular weight excluding hydrogens is 254 g/mol. The molecule has 1 aromatic heterocycles. The van der Waals surface area contributed by atoms with Gasteiger partial charge in [-0.3, -0.25) is 9.59 Å². The predicted molar refractivity (Wildman–Crippen MR) is 73.2 cm³/mol. The van der Waals surface area contributed by atoms with Gasteiger partial charge in [-0.05, 0) is 5.56 Å². The van der Waals surface area contributed by atoms with E-state index in [0.717, 1.165) is 17.5 Å². The topological polar surface area (TPSA) is 55.2 Å². The quantitative estimate of drug-likeness (QED) is 0.789. The third-order valence-electron chi connectivity index (χ3n) is 3.59. The van der Waals surface area contributed by atoms with Gasteiger partial charge >= 0.3 is 0 Å². The zero-order valence-corrected chi connectivity index (χ0v) is 11.0. The van der Waals surface area contributed by atoms with Gasteiger partial charge in [0.05, 0.1) is 25.0 Å². The van der Waals surface area contributed by atoms with Crippen LogP contribution in [0.1, 0.15) is 21.7 Å². The summed E-state index contributed by atoms with van der Waals surface area (Å²) < 4.78 is 1.94. The van der Waals surface area contributed by atoms with Crippen LogP contribution in [0.2, 0.25) is 0 Å². The Morgan fingerprint density at radius 1 is 1.25 bits per heavy atom. The number of aldehydes is 1. The fourth-order valence-electron chi connectivity index (χ4n) is 2.47. The molecule has 102 valence electrons. The van der Waals surface area contributed by atoms with Crippen LogP contribution in [0, 0.1) is 0 Å². The number of nitrogens with zero attached hydrogens (tertiary/aromatic N) is 3. The van der Waals surface area contributed by atoms with E-state index in [9.17, 15) is 9.59 Å². The van der Waals surface area contributed by atoms with Gasteiger partial charge < -0.3 is 9.47 Å². The summed E-state index contributed by atoms with van der Waals surface area (Å²) in [6.45, 7) is 1.81. The summed E-state index contributed by atoms with van der Waals surface area (Å²) in [6, 6.07) is 9.69. The Bertz CT molecular complexity index is 634. The molecule has 0 saturated carbocycles. The number of imidazole rings is 1. The zero-order chi connectivity index (χ0) is 13.9. The Hall–Kier alpha value is -2.43. The molecule has 0 aliphatic carbocycles. The molecule has 2 heterocycles. The number of fused-ring (bicyclic) bond motifs is 1. The minimum Gasteiger partial charge on any atom is -0.335 e. The molecule has 1 aliphatic rings. The van der Waals surface area contributed by atoms with Crippen molar-refractivity contribution in [2.24, 2.45) is 0 Å². The number of carbonyl (C=O) groups is 2. The normalized spacial score (nSPS) is 13.9. The molecule has 5 heteroatoms. The van der Waals surface area contributed by atoms with E-state index in [0.29, 0.717) is 31.7 Å². The van der Waals surface area contributed by atoms with Crippen LogP contribution < -0.4 is 0 Å². The Morgan fingerprint density at radius 3 is 2.80 bits per heavy atom. The summed E-state index contributed by atoms with van der Waals surface area (Å²) in [5.41, 5.74) is 2.27. The number of rotatable bonds is 3. The molecule has 0 atom stereocenters. The van der Waals surface area contributed by atoms with Crippen molar-refractivity contribution in [1.29, 1.82) is 0 Å². The van der Waals surface area contributed by atoms with Gasteiger partial charge in [-0.15, -0.1) is 0 Å². The minimum absolute atomic E-state index is 0.0838. The average molecular weight is 269 g/mol. The van der Waals surface area contributed by atoms with Crippen LogP contribution in [-0.4, -0.2) is 33.2 Å². The van der Waals surface area contributed by atoms with E-state index in [2.05, 4.69) is 4.98 Å². The van der Waals surface area contributed by atoms with Crippen molar-refractivity contribution in [3.63, 3.8) is 0 Å². The number of carbonyl (C=O) groups excluding carboxylic acids is 2. The van der Waals surface area contributed by atoms with E-state index in [-0.39, 0.29) is 5.91 Å². The molecular formula is C15H15N3O2. The maximum absolute atomic E-state index is 12.3. The summed E-state index contributed by atoms with van der Waals surface area (Å²) in [5, 5.41) is 0. The lowest BCUT2D eigenvalue weighted by atomic mass is 10.1. The first kappa shape index (κ1) is 12.6. The van der Waals surface area contributed by atoms with Crippen LogP contribution in [0.3, 0.4) is 0 Å². The van der Waals surface area contributed by atoms with Gasteiger partial charge in [-0.1, -0.05) is 30.3 Å². The fourth-order valence-corrected chi connectivity index (χ4v) is 2.47. The molecule has 20 heavy (non-hydrogen) atoms. The molecule has 1 aliphatic heterocycles. The van der Waals surface area contributed by atoms with Crippen LogP contribution in [0.4, 0.5) is 0 Å². The van der Waals surface area contributed by atoms with Gasteiger partial charge in [0, 0.05) is 13.1 Å². The molecule has 0 fully saturated rings. The highest BCUT2D eigenvalue weighted by Gasteiger charge is 2.23. The van der Waals surface area contributed by atoms with Gasteiger partial charge in [-0.2, -0.15) is 0 Å².